The topological polar surface area (TPSA) is 43.3 Å². The third kappa shape index (κ3) is 1.12. The first-order chi connectivity index (χ1) is 7.15. The Morgan fingerprint density at radius 1 is 1.60 bits per heavy atom. The van der Waals surface area contributed by atoms with Crippen LogP contribution >= 0.6 is 11.3 Å². The normalized spacial score (nSPS) is 20.7. The first kappa shape index (κ1) is 9.36. The van der Waals surface area contributed by atoms with Crippen LogP contribution in [0.5, 0.6) is 0 Å². The maximum atomic E-state index is 6.11. The van der Waals surface area contributed by atoms with Crippen LogP contribution in [0.25, 0.3) is 4.96 Å². The number of rotatable bonds is 2. The van der Waals surface area contributed by atoms with Crippen LogP contribution in [-0.4, -0.2) is 15.4 Å². The Labute approximate surface area is 92.9 Å². The molecule has 0 amide bonds. The maximum absolute atomic E-state index is 6.11. The average Bonchev–Trinajstić information content (AvgIpc) is 2.74. The number of thiazole rings is 1. The Bertz CT molecular complexity index is 505. The minimum atomic E-state index is 0.199. The molecule has 0 aliphatic heterocycles. The van der Waals surface area contributed by atoms with Gasteiger partial charge >= 0.3 is 0 Å². The van der Waals surface area contributed by atoms with Crippen LogP contribution in [0.3, 0.4) is 0 Å². The molecular formula is C11H15N3S. The number of nitrogens with two attached hydrogens (primary N) is 1. The Morgan fingerprint density at radius 2 is 2.33 bits per heavy atom. The van der Waals surface area contributed by atoms with Crippen LogP contribution in [-0.2, 0) is 5.41 Å². The minimum absolute atomic E-state index is 0.199. The highest BCUT2D eigenvalue weighted by Crippen LogP contribution is 2.51. The lowest BCUT2D eigenvalue weighted by molar-refractivity contribution is 0.536. The molecule has 2 heterocycles. The molecule has 15 heavy (non-hydrogen) atoms. The van der Waals surface area contributed by atoms with Crippen molar-refractivity contribution in [3.05, 3.63) is 23.0 Å². The fourth-order valence-electron chi connectivity index (χ4n) is 2.54. The summed E-state index contributed by atoms with van der Waals surface area (Å²) in [5.74, 6) is 0. The minimum Gasteiger partial charge on any atom is -0.327 e. The first-order valence-electron chi connectivity index (χ1n) is 5.33. The van der Waals surface area contributed by atoms with Gasteiger partial charge in [-0.05, 0) is 26.7 Å². The summed E-state index contributed by atoms with van der Waals surface area (Å²) in [6.07, 6.45) is 4.52. The van der Waals surface area contributed by atoms with Gasteiger partial charge in [-0.15, -0.1) is 11.3 Å². The SMILES string of the molecule is Cc1nc2sccn2c1C1(C(C)N)CC1. The van der Waals surface area contributed by atoms with Gasteiger partial charge in [-0.3, -0.25) is 4.40 Å². The second-order valence-corrected chi connectivity index (χ2v) is 5.42. The average molecular weight is 221 g/mol. The van der Waals surface area contributed by atoms with Crippen LogP contribution in [0, 0.1) is 6.92 Å². The van der Waals surface area contributed by atoms with Gasteiger partial charge in [0, 0.05) is 23.0 Å². The molecule has 80 valence electrons. The second-order valence-electron chi connectivity index (χ2n) is 4.55. The molecule has 0 bridgehead atoms. The van der Waals surface area contributed by atoms with Crippen LogP contribution < -0.4 is 5.73 Å². The lowest BCUT2D eigenvalue weighted by Gasteiger charge is -2.19. The zero-order valence-corrected chi connectivity index (χ0v) is 9.84. The lowest BCUT2D eigenvalue weighted by Crippen LogP contribution is -2.33. The van der Waals surface area contributed by atoms with Crippen LogP contribution in [0.15, 0.2) is 11.6 Å². The van der Waals surface area contributed by atoms with Crippen molar-refractivity contribution in [2.45, 2.75) is 38.1 Å². The van der Waals surface area contributed by atoms with Gasteiger partial charge in [-0.25, -0.2) is 4.98 Å². The molecule has 3 rings (SSSR count). The summed E-state index contributed by atoms with van der Waals surface area (Å²) in [4.78, 5) is 5.68. The van der Waals surface area contributed by atoms with Gasteiger partial charge in [0.25, 0.3) is 0 Å². The van der Waals surface area contributed by atoms with Gasteiger partial charge < -0.3 is 5.73 Å². The van der Waals surface area contributed by atoms with E-state index in [0.717, 1.165) is 10.7 Å². The Kier molecular flexibility index (Phi) is 1.77. The number of aryl methyl sites for hydroxylation is 1. The van der Waals surface area contributed by atoms with E-state index in [9.17, 15) is 0 Å². The molecule has 1 fully saturated rings. The summed E-state index contributed by atoms with van der Waals surface area (Å²) in [5.41, 5.74) is 8.80. The zero-order valence-electron chi connectivity index (χ0n) is 9.03. The van der Waals surface area contributed by atoms with Crippen molar-refractivity contribution in [3.8, 4) is 0 Å². The second kappa shape index (κ2) is 2.83. The van der Waals surface area contributed by atoms with E-state index in [-0.39, 0.29) is 11.5 Å². The Morgan fingerprint density at radius 3 is 2.93 bits per heavy atom. The fraction of sp³-hybridized carbons (Fsp3) is 0.545. The number of fused-ring (bicyclic) bond motifs is 1. The molecular weight excluding hydrogens is 206 g/mol. The number of imidazole rings is 1. The standard InChI is InChI=1S/C11H15N3S/c1-7-9(11(3-4-11)8(2)12)14-5-6-15-10(14)13-7/h5-6,8H,3-4,12H2,1-2H3. The third-order valence-corrected chi connectivity index (χ3v) is 4.32. The van der Waals surface area contributed by atoms with E-state index in [2.05, 4.69) is 34.8 Å². The molecule has 2 aromatic heterocycles. The molecule has 0 radical (unpaired) electrons. The number of hydrogen-bond donors (Lipinski definition) is 1. The van der Waals surface area contributed by atoms with Gasteiger partial charge in [-0.2, -0.15) is 0 Å². The van der Waals surface area contributed by atoms with E-state index in [4.69, 9.17) is 5.73 Å². The highest BCUT2D eigenvalue weighted by molar-refractivity contribution is 7.15. The maximum Gasteiger partial charge on any atom is 0.194 e. The third-order valence-electron chi connectivity index (χ3n) is 3.57. The van der Waals surface area contributed by atoms with E-state index in [1.165, 1.54) is 18.5 Å². The Balaban J connectivity index is 2.25. The van der Waals surface area contributed by atoms with E-state index in [1.807, 2.05) is 0 Å². The van der Waals surface area contributed by atoms with Gasteiger partial charge in [-0.1, -0.05) is 0 Å². The van der Waals surface area contributed by atoms with E-state index >= 15 is 0 Å². The molecule has 1 aliphatic rings. The van der Waals surface area contributed by atoms with E-state index in [1.54, 1.807) is 11.3 Å². The molecule has 4 heteroatoms. The molecule has 0 saturated heterocycles. The fourth-order valence-corrected chi connectivity index (χ4v) is 3.30. The molecule has 1 unspecified atom stereocenters. The smallest absolute Gasteiger partial charge is 0.194 e. The van der Waals surface area contributed by atoms with Gasteiger partial charge in [0.1, 0.15) is 0 Å². The predicted octanol–water partition coefficient (Wildman–Crippen LogP) is 2.08. The van der Waals surface area contributed by atoms with Crippen molar-refractivity contribution in [1.82, 2.24) is 9.38 Å². The van der Waals surface area contributed by atoms with Crippen LogP contribution in [0.4, 0.5) is 0 Å². The molecule has 2 aromatic rings. The molecule has 3 nitrogen and oxygen atoms in total. The van der Waals surface area contributed by atoms with Crippen molar-refractivity contribution < 1.29 is 0 Å². The van der Waals surface area contributed by atoms with Crippen molar-refractivity contribution in [1.29, 1.82) is 0 Å². The molecule has 1 atom stereocenters. The first-order valence-corrected chi connectivity index (χ1v) is 6.21. The van der Waals surface area contributed by atoms with Crippen LogP contribution in [0.2, 0.25) is 0 Å². The van der Waals surface area contributed by atoms with Gasteiger partial charge in [0.05, 0.1) is 11.4 Å². The van der Waals surface area contributed by atoms with Crippen molar-refractivity contribution >= 4 is 16.3 Å². The van der Waals surface area contributed by atoms with Crippen molar-refractivity contribution in [2.75, 3.05) is 0 Å². The Hall–Kier alpha value is -0.870. The predicted molar refractivity (Wildman–Crippen MR) is 62.4 cm³/mol. The number of hydrogen-bond acceptors (Lipinski definition) is 3. The summed E-state index contributed by atoms with van der Waals surface area (Å²) in [5, 5.41) is 2.09. The van der Waals surface area contributed by atoms with Crippen LogP contribution in [0.1, 0.15) is 31.2 Å². The monoisotopic (exact) mass is 221 g/mol. The number of aromatic nitrogens is 2. The molecule has 1 saturated carbocycles. The molecule has 1 aliphatic carbocycles. The van der Waals surface area contributed by atoms with Crippen molar-refractivity contribution in [2.24, 2.45) is 5.73 Å². The zero-order chi connectivity index (χ0) is 10.6. The molecule has 2 N–H and O–H groups in total. The van der Waals surface area contributed by atoms with Gasteiger partial charge in [0.15, 0.2) is 4.96 Å². The summed E-state index contributed by atoms with van der Waals surface area (Å²) in [6, 6.07) is 0.219. The highest BCUT2D eigenvalue weighted by atomic mass is 32.1. The summed E-state index contributed by atoms with van der Waals surface area (Å²) in [7, 11) is 0. The van der Waals surface area contributed by atoms with Crippen molar-refractivity contribution in [3.63, 3.8) is 0 Å². The molecule has 0 aromatic carbocycles. The van der Waals surface area contributed by atoms with E-state index < -0.39 is 0 Å². The largest absolute Gasteiger partial charge is 0.327 e. The van der Waals surface area contributed by atoms with E-state index in [0.29, 0.717) is 0 Å². The number of nitrogens with zero attached hydrogens (tertiary/aromatic N) is 2. The lowest BCUT2D eigenvalue weighted by atomic mass is 9.93. The summed E-state index contributed by atoms with van der Waals surface area (Å²) in [6.45, 7) is 4.20. The highest BCUT2D eigenvalue weighted by Gasteiger charge is 2.50. The summed E-state index contributed by atoms with van der Waals surface area (Å²) >= 11 is 1.69. The molecule has 0 spiro atoms. The summed E-state index contributed by atoms with van der Waals surface area (Å²) < 4.78 is 2.22. The quantitative estimate of drug-likeness (QED) is 0.843. The van der Waals surface area contributed by atoms with Gasteiger partial charge in [0.2, 0.25) is 0 Å².